The Morgan fingerprint density at radius 2 is 1.79 bits per heavy atom. The van der Waals surface area contributed by atoms with Crippen LogP contribution in [-0.2, 0) is 19.6 Å². The van der Waals surface area contributed by atoms with Crippen molar-refractivity contribution in [1.29, 1.82) is 0 Å². The van der Waals surface area contributed by atoms with Crippen molar-refractivity contribution in [1.82, 2.24) is 9.78 Å². The molecular formula is C25H23Cl2N3O3. The second kappa shape index (κ2) is 10.1. The predicted molar refractivity (Wildman–Crippen MR) is 129 cm³/mol. The summed E-state index contributed by atoms with van der Waals surface area (Å²) in [6.07, 6.45) is 0.976. The highest BCUT2D eigenvalue weighted by atomic mass is 35.5. The Kier molecular flexibility index (Phi) is 7.06. The second-order valence-corrected chi connectivity index (χ2v) is 8.40. The van der Waals surface area contributed by atoms with Crippen molar-refractivity contribution in [2.75, 3.05) is 5.32 Å². The topological polar surface area (TPSA) is 69.3 Å². The lowest BCUT2D eigenvalue weighted by atomic mass is 10.2. The van der Waals surface area contributed by atoms with Crippen LogP contribution in [0, 0.1) is 6.92 Å². The number of carbonyl (C=O) groups is 1. The highest BCUT2D eigenvalue weighted by molar-refractivity contribution is 6.42. The molecule has 4 rings (SSSR count). The number of amides is 1. The first kappa shape index (κ1) is 23.0. The van der Waals surface area contributed by atoms with Crippen LogP contribution in [0.2, 0.25) is 10.0 Å². The maximum Gasteiger partial charge on any atom is 0.292 e. The number of hydrogen-bond donors (Lipinski definition) is 1. The van der Waals surface area contributed by atoms with E-state index in [9.17, 15) is 4.79 Å². The molecule has 1 amide bonds. The summed E-state index contributed by atoms with van der Waals surface area (Å²) in [5, 5.41) is 8.23. The van der Waals surface area contributed by atoms with Crippen LogP contribution in [0.4, 0.5) is 5.82 Å². The Hall–Kier alpha value is -3.22. The minimum Gasteiger partial charge on any atom is -0.486 e. The van der Waals surface area contributed by atoms with Crippen LogP contribution in [0.25, 0.3) is 0 Å². The van der Waals surface area contributed by atoms with Crippen molar-refractivity contribution in [3.8, 4) is 5.75 Å². The molecule has 0 fully saturated rings. The summed E-state index contributed by atoms with van der Waals surface area (Å²) in [4.78, 5) is 12.6. The molecule has 170 valence electrons. The predicted octanol–water partition coefficient (Wildman–Crippen LogP) is 6.53. The number of rotatable bonds is 8. The van der Waals surface area contributed by atoms with Crippen molar-refractivity contribution < 1.29 is 13.9 Å². The average Bonchev–Trinajstić information content (AvgIpc) is 3.42. The van der Waals surface area contributed by atoms with Crippen molar-refractivity contribution >= 4 is 34.9 Å². The first-order chi connectivity index (χ1) is 15.9. The molecule has 0 saturated carbocycles. The molecule has 2 heterocycles. The molecule has 0 bridgehead atoms. The van der Waals surface area contributed by atoms with Crippen LogP contribution in [0.3, 0.4) is 0 Å². The van der Waals surface area contributed by atoms with E-state index in [-0.39, 0.29) is 18.3 Å². The zero-order valence-corrected chi connectivity index (χ0v) is 19.8. The lowest BCUT2D eigenvalue weighted by Crippen LogP contribution is -2.12. The zero-order valence-electron chi connectivity index (χ0n) is 18.3. The van der Waals surface area contributed by atoms with E-state index >= 15 is 0 Å². The molecule has 0 radical (unpaired) electrons. The molecule has 4 aromatic rings. The Bertz CT molecular complexity index is 1260. The molecule has 0 saturated heterocycles. The summed E-state index contributed by atoms with van der Waals surface area (Å²) in [7, 11) is 0. The monoisotopic (exact) mass is 483 g/mol. The van der Waals surface area contributed by atoms with E-state index < -0.39 is 0 Å². The van der Waals surface area contributed by atoms with Crippen molar-refractivity contribution in [2.24, 2.45) is 0 Å². The van der Waals surface area contributed by atoms with Crippen molar-refractivity contribution in [2.45, 2.75) is 33.4 Å². The summed E-state index contributed by atoms with van der Waals surface area (Å²) in [6, 6.07) is 18.5. The maximum atomic E-state index is 12.6. The number of furan rings is 1. The van der Waals surface area contributed by atoms with Gasteiger partial charge in [0.15, 0.2) is 11.6 Å². The highest BCUT2D eigenvalue weighted by Crippen LogP contribution is 2.23. The number of aromatic nitrogens is 2. The number of ether oxygens (including phenoxy) is 1. The van der Waals surface area contributed by atoms with Gasteiger partial charge in [-0.15, -0.1) is 0 Å². The van der Waals surface area contributed by atoms with E-state index in [1.807, 2.05) is 37.3 Å². The molecule has 0 spiro atoms. The van der Waals surface area contributed by atoms with E-state index in [0.29, 0.717) is 28.2 Å². The summed E-state index contributed by atoms with van der Waals surface area (Å²) in [6.45, 7) is 4.75. The van der Waals surface area contributed by atoms with E-state index in [0.717, 1.165) is 23.4 Å². The number of hydrogen-bond acceptors (Lipinski definition) is 4. The number of anilines is 1. The van der Waals surface area contributed by atoms with Gasteiger partial charge in [0.2, 0.25) is 0 Å². The van der Waals surface area contributed by atoms with E-state index in [2.05, 4.69) is 17.3 Å². The molecule has 0 aliphatic rings. The molecule has 1 N–H and O–H groups in total. The van der Waals surface area contributed by atoms with Crippen LogP contribution in [0.15, 0.2) is 65.1 Å². The normalized spacial score (nSPS) is 10.9. The Morgan fingerprint density at radius 3 is 2.52 bits per heavy atom. The van der Waals surface area contributed by atoms with Gasteiger partial charge in [-0.05, 0) is 60.9 Å². The van der Waals surface area contributed by atoms with Gasteiger partial charge in [0.25, 0.3) is 5.91 Å². The second-order valence-electron chi connectivity index (χ2n) is 7.58. The van der Waals surface area contributed by atoms with Gasteiger partial charge in [0.05, 0.1) is 16.6 Å². The quantitative estimate of drug-likeness (QED) is 0.309. The van der Waals surface area contributed by atoms with Gasteiger partial charge in [0, 0.05) is 11.8 Å². The number of aryl methyl sites for hydroxylation is 2. The van der Waals surface area contributed by atoms with Gasteiger partial charge in [0.1, 0.15) is 18.1 Å². The first-order valence-corrected chi connectivity index (χ1v) is 11.3. The number of carbonyl (C=O) groups excluding carboxylic acids is 1. The van der Waals surface area contributed by atoms with Crippen LogP contribution >= 0.6 is 23.2 Å². The SMILES string of the molecule is CCc1ccc(OCc2ccc(C(=O)Nc3cc(C)n(Cc4ccc(Cl)c(Cl)c4)n3)o2)cc1. The molecule has 2 aromatic heterocycles. The lowest BCUT2D eigenvalue weighted by Gasteiger charge is -2.06. The van der Waals surface area contributed by atoms with Crippen LogP contribution < -0.4 is 10.1 Å². The Morgan fingerprint density at radius 1 is 1.03 bits per heavy atom. The van der Waals surface area contributed by atoms with E-state index in [1.54, 1.807) is 35.0 Å². The summed E-state index contributed by atoms with van der Waals surface area (Å²) in [5.41, 5.74) is 3.08. The fourth-order valence-electron chi connectivity index (χ4n) is 3.27. The third-order valence-electron chi connectivity index (χ3n) is 5.14. The largest absolute Gasteiger partial charge is 0.486 e. The van der Waals surface area contributed by atoms with Gasteiger partial charge < -0.3 is 14.5 Å². The number of nitrogens with zero attached hydrogens (tertiary/aromatic N) is 2. The van der Waals surface area contributed by atoms with Gasteiger partial charge in [-0.2, -0.15) is 5.10 Å². The number of nitrogens with one attached hydrogen (secondary N) is 1. The fourth-order valence-corrected chi connectivity index (χ4v) is 3.59. The van der Waals surface area contributed by atoms with Crippen LogP contribution in [0.5, 0.6) is 5.75 Å². The highest BCUT2D eigenvalue weighted by Gasteiger charge is 2.15. The molecule has 0 aliphatic heterocycles. The molecule has 33 heavy (non-hydrogen) atoms. The number of halogens is 2. The third kappa shape index (κ3) is 5.78. The molecule has 0 aliphatic carbocycles. The zero-order chi connectivity index (χ0) is 23.4. The van der Waals surface area contributed by atoms with Crippen LogP contribution in [-0.4, -0.2) is 15.7 Å². The summed E-state index contributed by atoms with van der Waals surface area (Å²) in [5.74, 6) is 1.54. The van der Waals surface area contributed by atoms with E-state index in [4.69, 9.17) is 32.4 Å². The smallest absolute Gasteiger partial charge is 0.292 e. The van der Waals surface area contributed by atoms with Crippen LogP contribution in [0.1, 0.15) is 40.1 Å². The molecule has 6 nitrogen and oxygen atoms in total. The maximum absolute atomic E-state index is 12.6. The van der Waals surface area contributed by atoms with Crippen molar-refractivity contribution in [3.63, 3.8) is 0 Å². The standard InChI is InChI=1S/C25H23Cl2N3O3/c1-3-17-4-7-19(8-5-17)32-15-20-9-11-23(33-20)25(31)28-24-12-16(2)30(29-24)14-18-6-10-21(26)22(27)13-18/h4-13H,3,14-15H2,1-2H3,(H,28,29,31). The third-order valence-corrected chi connectivity index (χ3v) is 5.88. The van der Waals surface area contributed by atoms with E-state index in [1.165, 1.54) is 5.56 Å². The minimum absolute atomic E-state index is 0.187. The molecule has 0 atom stereocenters. The molecule has 0 unspecified atom stereocenters. The van der Waals surface area contributed by atoms with Gasteiger partial charge in [-0.25, -0.2) is 0 Å². The molecule has 2 aromatic carbocycles. The van der Waals surface area contributed by atoms with Gasteiger partial charge >= 0.3 is 0 Å². The molecular weight excluding hydrogens is 461 g/mol. The average molecular weight is 484 g/mol. The first-order valence-electron chi connectivity index (χ1n) is 10.5. The summed E-state index contributed by atoms with van der Waals surface area (Å²) >= 11 is 12.1. The van der Waals surface area contributed by atoms with Gasteiger partial charge in [-0.3, -0.25) is 9.48 Å². The van der Waals surface area contributed by atoms with Crippen molar-refractivity contribution in [3.05, 3.63) is 99.1 Å². The lowest BCUT2D eigenvalue weighted by molar-refractivity contribution is 0.0992. The number of benzene rings is 2. The molecule has 8 heteroatoms. The summed E-state index contributed by atoms with van der Waals surface area (Å²) < 4.78 is 13.2. The van der Waals surface area contributed by atoms with Gasteiger partial charge in [-0.1, -0.05) is 48.3 Å². The minimum atomic E-state index is -0.382. The Labute approximate surface area is 202 Å². The fraction of sp³-hybridized carbons (Fsp3) is 0.200. The Balaban J connectivity index is 1.36.